The van der Waals surface area contributed by atoms with Gasteiger partial charge in [0.25, 0.3) is 0 Å². The number of hydrogen-bond acceptors (Lipinski definition) is 2. The molecule has 0 bridgehead atoms. The monoisotopic (exact) mass is 185 g/mol. The zero-order valence-electron chi connectivity index (χ0n) is 8.63. The van der Waals surface area contributed by atoms with E-state index in [1.54, 1.807) is 0 Å². The molecule has 0 saturated heterocycles. The van der Waals surface area contributed by atoms with Gasteiger partial charge >= 0.3 is 5.97 Å². The Bertz CT molecular complexity index is 183. The van der Waals surface area contributed by atoms with Crippen LogP contribution in [0.1, 0.15) is 33.6 Å². The van der Waals surface area contributed by atoms with Gasteiger partial charge in [0.1, 0.15) is 0 Å². The van der Waals surface area contributed by atoms with Crippen LogP contribution in [0.25, 0.3) is 0 Å². The fourth-order valence-electron chi connectivity index (χ4n) is 1.14. The second kappa shape index (κ2) is 6.66. The number of hydrogen-bond donors (Lipinski definition) is 2. The first kappa shape index (κ1) is 12.2. The number of aliphatic carboxylic acids is 1. The smallest absolute Gasteiger partial charge is 0.328 e. The summed E-state index contributed by atoms with van der Waals surface area (Å²) in [6.07, 6.45) is 3.41. The molecule has 0 aliphatic rings. The molecule has 0 aromatic heterocycles. The fraction of sp³-hybridized carbons (Fsp3) is 0.700. The number of rotatable bonds is 6. The van der Waals surface area contributed by atoms with E-state index in [2.05, 4.69) is 19.2 Å². The van der Waals surface area contributed by atoms with Crippen LogP contribution in [0.15, 0.2) is 11.6 Å². The highest BCUT2D eigenvalue weighted by atomic mass is 16.4. The molecule has 0 aliphatic carbocycles. The van der Waals surface area contributed by atoms with E-state index >= 15 is 0 Å². The molecule has 0 aromatic rings. The van der Waals surface area contributed by atoms with E-state index in [1.165, 1.54) is 6.08 Å². The lowest BCUT2D eigenvalue weighted by atomic mass is 10.1. The van der Waals surface area contributed by atoms with E-state index < -0.39 is 5.97 Å². The molecule has 0 spiro atoms. The summed E-state index contributed by atoms with van der Waals surface area (Å²) in [7, 11) is 0. The molecule has 0 aliphatic heterocycles. The van der Waals surface area contributed by atoms with Gasteiger partial charge < -0.3 is 10.4 Å². The van der Waals surface area contributed by atoms with Crippen LogP contribution >= 0.6 is 0 Å². The SMILES string of the molecule is CCC(CC)NCC(C)=CC(=O)O. The van der Waals surface area contributed by atoms with Gasteiger partial charge in [0.2, 0.25) is 0 Å². The van der Waals surface area contributed by atoms with E-state index in [1.807, 2.05) is 6.92 Å². The van der Waals surface area contributed by atoms with Gasteiger partial charge in [-0.15, -0.1) is 0 Å². The molecular weight excluding hydrogens is 166 g/mol. The number of carbonyl (C=O) groups is 1. The Morgan fingerprint density at radius 3 is 2.38 bits per heavy atom. The standard InChI is InChI=1S/C10H19NO2/c1-4-9(5-2)11-7-8(3)6-10(12)13/h6,9,11H,4-5,7H2,1-3H3,(H,12,13). The predicted molar refractivity (Wildman–Crippen MR) is 53.8 cm³/mol. The molecule has 0 aromatic carbocycles. The zero-order chi connectivity index (χ0) is 10.3. The van der Waals surface area contributed by atoms with Crippen molar-refractivity contribution >= 4 is 5.97 Å². The molecule has 2 N–H and O–H groups in total. The van der Waals surface area contributed by atoms with Gasteiger partial charge in [0, 0.05) is 18.7 Å². The summed E-state index contributed by atoms with van der Waals surface area (Å²) in [4.78, 5) is 10.3. The van der Waals surface area contributed by atoms with Crippen LogP contribution in [0.3, 0.4) is 0 Å². The van der Waals surface area contributed by atoms with Crippen LogP contribution < -0.4 is 5.32 Å². The zero-order valence-corrected chi connectivity index (χ0v) is 8.63. The highest BCUT2D eigenvalue weighted by molar-refractivity contribution is 5.80. The first-order chi connectivity index (χ1) is 6.10. The summed E-state index contributed by atoms with van der Waals surface area (Å²) in [5.74, 6) is -0.871. The Labute approximate surface area is 79.8 Å². The van der Waals surface area contributed by atoms with E-state index in [-0.39, 0.29) is 0 Å². The Balaban J connectivity index is 3.80. The van der Waals surface area contributed by atoms with Gasteiger partial charge in [-0.25, -0.2) is 4.79 Å². The van der Waals surface area contributed by atoms with Crippen LogP contribution in [-0.2, 0) is 4.79 Å². The summed E-state index contributed by atoms with van der Waals surface area (Å²) < 4.78 is 0. The topological polar surface area (TPSA) is 49.3 Å². The first-order valence-electron chi connectivity index (χ1n) is 4.73. The minimum absolute atomic E-state index is 0.497. The van der Waals surface area contributed by atoms with Crippen LogP contribution in [0, 0.1) is 0 Å². The van der Waals surface area contributed by atoms with Crippen molar-refractivity contribution in [1.82, 2.24) is 5.32 Å². The molecule has 0 fully saturated rings. The molecule has 0 radical (unpaired) electrons. The van der Waals surface area contributed by atoms with Gasteiger partial charge in [0.15, 0.2) is 0 Å². The Kier molecular flexibility index (Phi) is 6.24. The minimum atomic E-state index is -0.871. The minimum Gasteiger partial charge on any atom is -0.478 e. The Hall–Kier alpha value is -0.830. The van der Waals surface area contributed by atoms with Crippen molar-refractivity contribution in [2.75, 3.05) is 6.54 Å². The third-order valence-corrected chi connectivity index (χ3v) is 2.03. The Morgan fingerprint density at radius 1 is 1.46 bits per heavy atom. The van der Waals surface area contributed by atoms with Gasteiger partial charge in [0.05, 0.1) is 0 Å². The summed E-state index contributed by atoms with van der Waals surface area (Å²) in [5.41, 5.74) is 0.861. The van der Waals surface area contributed by atoms with Crippen LogP contribution in [0.2, 0.25) is 0 Å². The quantitative estimate of drug-likeness (QED) is 0.620. The van der Waals surface area contributed by atoms with Crippen LogP contribution in [-0.4, -0.2) is 23.7 Å². The molecule has 0 atom stereocenters. The number of carboxylic acids is 1. The van der Waals surface area contributed by atoms with Crippen molar-refractivity contribution in [3.63, 3.8) is 0 Å². The first-order valence-corrected chi connectivity index (χ1v) is 4.73. The molecule has 0 rings (SSSR count). The average Bonchev–Trinajstić information content (AvgIpc) is 2.05. The third kappa shape index (κ3) is 6.34. The molecule has 76 valence electrons. The van der Waals surface area contributed by atoms with Gasteiger partial charge in [-0.2, -0.15) is 0 Å². The summed E-state index contributed by atoms with van der Waals surface area (Å²) in [6.45, 7) is 6.73. The lowest BCUT2D eigenvalue weighted by Crippen LogP contribution is -2.29. The van der Waals surface area contributed by atoms with Gasteiger partial charge in [-0.1, -0.05) is 19.4 Å². The average molecular weight is 185 g/mol. The maximum absolute atomic E-state index is 10.3. The maximum atomic E-state index is 10.3. The molecule has 3 heteroatoms. The molecule has 0 heterocycles. The summed E-state index contributed by atoms with van der Waals surface area (Å²) >= 11 is 0. The van der Waals surface area contributed by atoms with Crippen LogP contribution in [0.5, 0.6) is 0 Å². The van der Waals surface area contributed by atoms with Gasteiger partial charge in [-0.3, -0.25) is 0 Å². The van der Waals surface area contributed by atoms with Gasteiger partial charge in [-0.05, 0) is 19.8 Å². The molecule has 0 saturated carbocycles. The predicted octanol–water partition coefficient (Wildman–Crippen LogP) is 1.80. The maximum Gasteiger partial charge on any atom is 0.328 e. The molecule has 13 heavy (non-hydrogen) atoms. The lowest BCUT2D eigenvalue weighted by molar-refractivity contribution is -0.131. The normalized spacial score (nSPS) is 12.2. The largest absolute Gasteiger partial charge is 0.478 e. The molecule has 3 nitrogen and oxygen atoms in total. The Morgan fingerprint density at radius 2 is 2.00 bits per heavy atom. The number of nitrogens with one attached hydrogen (secondary N) is 1. The highest BCUT2D eigenvalue weighted by Gasteiger charge is 2.01. The molecule has 0 amide bonds. The van der Waals surface area contributed by atoms with Crippen LogP contribution in [0.4, 0.5) is 0 Å². The molecule has 0 unspecified atom stereocenters. The summed E-state index contributed by atoms with van der Waals surface area (Å²) in [5, 5.41) is 11.8. The van der Waals surface area contributed by atoms with Crippen molar-refractivity contribution in [3.8, 4) is 0 Å². The van der Waals surface area contributed by atoms with E-state index in [4.69, 9.17) is 5.11 Å². The van der Waals surface area contributed by atoms with E-state index in [9.17, 15) is 4.79 Å². The van der Waals surface area contributed by atoms with E-state index in [0.29, 0.717) is 12.6 Å². The highest BCUT2D eigenvalue weighted by Crippen LogP contribution is 1.98. The molecular formula is C10H19NO2. The third-order valence-electron chi connectivity index (χ3n) is 2.03. The van der Waals surface area contributed by atoms with Crippen molar-refractivity contribution in [1.29, 1.82) is 0 Å². The number of carboxylic acid groups (broad SMARTS) is 1. The van der Waals surface area contributed by atoms with Crippen molar-refractivity contribution < 1.29 is 9.90 Å². The van der Waals surface area contributed by atoms with Crippen molar-refractivity contribution in [2.45, 2.75) is 39.7 Å². The second-order valence-electron chi connectivity index (χ2n) is 3.22. The van der Waals surface area contributed by atoms with Crippen molar-refractivity contribution in [3.05, 3.63) is 11.6 Å². The second-order valence-corrected chi connectivity index (χ2v) is 3.22. The van der Waals surface area contributed by atoms with E-state index in [0.717, 1.165) is 18.4 Å². The van der Waals surface area contributed by atoms with Crippen molar-refractivity contribution in [2.24, 2.45) is 0 Å². The summed E-state index contributed by atoms with van der Waals surface area (Å²) in [6, 6.07) is 0.497. The lowest BCUT2D eigenvalue weighted by Gasteiger charge is -2.14. The fourth-order valence-corrected chi connectivity index (χ4v) is 1.14.